The van der Waals surface area contributed by atoms with Crippen LogP contribution in [0.3, 0.4) is 0 Å². The first-order chi connectivity index (χ1) is 17.0. The topological polar surface area (TPSA) is 52.6 Å². The Morgan fingerprint density at radius 2 is 1.23 bits per heavy atom. The summed E-state index contributed by atoms with van der Waals surface area (Å²) in [4.78, 5) is 24.9. The molecular formula is C30H29FO4. The number of allylic oxidation sites excluding steroid dienone is 4. The number of hydrogen-bond acceptors (Lipinski definition) is 4. The molecule has 180 valence electrons. The molecule has 0 aliphatic heterocycles. The summed E-state index contributed by atoms with van der Waals surface area (Å²) in [6.45, 7) is 3.91. The Hall–Kier alpha value is -3.99. The van der Waals surface area contributed by atoms with Crippen molar-refractivity contribution in [2.45, 2.75) is 39.5 Å². The maximum absolute atomic E-state index is 14.3. The first-order valence-corrected chi connectivity index (χ1v) is 11.6. The summed E-state index contributed by atoms with van der Waals surface area (Å²) < 4.78 is 25.1. The maximum Gasteiger partial charge on any atom is 0.343 e. The lowest BCUT2D eigenvalue weighted by molar-refractivity contribution is 0.0730. The van der Waals surface area contributed by atoms with Crippen molar-refractivity contribution < 1.29 is 23.5 Å². The van der Waals surface area contributed by atoms with E-state index in [4.69, 9.17) is 9.47 Å². The van der Waals surface area contributed by atoms with E-state index in [1.165, 1.54) is 30.3 Å². The number of aryl methyl sites for hydroxylation is 2. The van der Waals surface area contributed by atoms with Crippen molar-refractivity contribution in [1.82, 2.24) is 0 Å². The summed E-state index contributed by atoms with van der Waals surface area (Å²) in [5, 5.41) is 0. The Bertz CT molecular complexity index is 1190. The predicted octanol–water partition coefficient (Wildman–Crippen LogP) is 7.28. The van der Waals surface area contributed by atoms with Gasteiger partial charge in [-0.05, 0) is 99.2 Å². The third-order valence-corrected chi connectivity index (χ3v) is 5.37. The Balaban J connectivity index is 1.56. The molecule has 0 aromatic heterocycles. The highest BCUT2D eigenvalue weighted by molar-refractivity contribution is 5.92. The predicted molar refractivity (Wildman–Crippen MR) is 135 cm³/mol. The quantitative estimate of drug-likeness (QED) is 0.177. The van der Waals surface area contributed by atoms with E-state index in [2.05, 4.69) is 6.08 Å². The van der Waals surface area contributed by atoms with Gasteiger partial charge in [-0.1, -0.05) is 42.5 Å². The van der Waals surface area contributed by atoms with Crippen LogP contribution in [0.5, 0.6) is 11.5 Å². The highest BCUT2D eigenvalue weighted by Gasteiger charge is 2.14. The van der Waals surface area contributed by atoms with Crippen LogP contribution >= 0.6 is 0 Å². The Kier molecular flexibility index (Phi) is 9.55. The van der Waals surface area contributed by atoms with Crippen molar-refractivity contribution >= 4 is 11.9 Å². The molecular weight excluding hydrogens is 443 g/mol. The molecule has 0 saturated carbocycles. The molecule has 4 nitrogen and oxygen atoms in total. The zero-order valence-electron chi connectivity index (χ0n) is 20.0. The number of rotatable bonds is 10. The van der Waals surface area contributed by atoms with Gasteiger partial charge in [0.1, 0.15) is 17.3 Å². The van der Waals surface area contributed by atoms with Crippen LogP contribution in [-0.2, 0) is 12.8 Å². The van der Waals surface area contributed by atoms with E-state index >= 15 is 0 Å². The summed E-state index contributed by atoms with van der Waals surface area (Å²) in [5.41, 5.74) is 2.15. The van der Waals surface area contributed by atoms with E-state index in [0.29, 0.717) is 23.3 Å². The summed E-state index contributed by atoms with van der Waals surface area (Å²) in [6, 6.07) is 17.8. The summed E-state index contributed by atoms with van der Waals surface area (Å²) in [7, 11) is 0. The van der Waals surface area contributed by atoms with E-state index in [1.807, 2.05) is 44.2 Å². The largest absolute Gasteiger partial charge is 0.423 e. The molecule has 0 saturated heterocycles. The van der Waals surface area contributed by atoms with Crippen LogP contribution in [0, 0.1) is 5.82 Å². The van der Waals surface area contributed by atoms with Gasteiger partial charge in [0.25, 0.3) is 0 Å². The van der Waals surface area contributed by atoms with Gasteiger partial charge in [0, 0.05) is 0 Å². The molecule has 5 heteroatoms. The maximum atomic E-state index is 14.3. The minimum Gasteiger partial charge on any atom is -0.423 e. The lowest BCUT2D eigenvalue weighted by atomic mass is 10.1. The molecule has 3 aromatic carbocycles. The van der Waals surface area contributed by atoms with Crippen molar-refractivity contribution in [2.24, 2.45) is 0 Å². The van der Waals surface area contributed by atoms with E-state index in [0.717, 1.165) is 24.8 Å². The molecule has 0 aliphatic carbocycles. The van der Waals surface area contributed by atoms with E-state index in [-0.39, 0.29) is 11.3 Å². The molecule has 3 rings (SSSR count). The van der Waals surface area contributed by atoms with Crippen LogP contribution in [0.1, 0.15) is 58.5 Å². The molecule has 0 spiro atoms. The van der Waals surface area contributed by atoms with Gasteiger partial charge in [0.2, 0.25) is 0 Å². The molecule has 0 amide bonds. The van der Waals surface area contributed by atoms with E-state index in [1.54, 1.807) is 24.3 Å². The number of halogens is 1. The van der Waals surface area contributed by atoms with Crippen LogP contribution in [-0.4, -0.2) is 11.9 Å². The third-order valence-electron chi connectivity index (χ3n) is 5.37. The van der Waals surface area contributed by atoms with Gasteiger partial charge in [-0.3, -0.25) is 0 Å². The molecule has 0 bridgehead atoms. The summed E-state index contributed by atoms with van der Waals surface area (Å²) >= 11 is 0. The molecule has 0 radical (unpaired) electrons. The van der Waals surface area contributed by atoms with Gasteiger partial charge >= 0.3 is 11.9 Å². The number of esters is 2. The monoisotopic (exact) mass is 472 g/mol. The van der Waals surface area contributed by atoms with Gasteiger partial charge in [-0.2, -0.15) is 0 Å². The molecule has 0 atom stereocenters. The Labute approximate surface area is 205 Å². The molecule has 0 fully saturated rings. The summed E-state index contributed by atoms with van der Waals surface area (Å²) in [6.07, 6.45) is 11.2. The Morgan fingerprint density at radius 3 is 1.80 bits per heavy atom. The molecule has 35 heavy (non-hydrogen) atoms. The second-order valence-electron chi connectivity index (χ2n) is 7.97. The van der Waals surface area contributed by atoms with Crippen LogP contribution in [0.25, 0.3) is 0 Å². The smallest absolute Gasteiger partial charge is 0.343 e. The second-order valence-corrected chi connectivity index (χ2v) is 7.97. The number of hydrogen-bond donors (Lipinski definition) is 0. The van der Waals surface area contributed by atoms with Crippen LogP contribution in [0.4, 0.5) is 4.39 Å². The molecule has 0 heterocycles. The van der Waals surface area contributed by atoms with E-state index in [9.17, 15) is 14.0 Å². The number of benzene rings is 3. The van der Waals surface area contributed by atoms with Crippen molar-refractivity contribution in [3.8, 4) is 11.5 Å². The molecule has 0 aliphatic rings. The first kappa shape index (κ1) is 25.6. The molecule has 3 aromatic rings. The van der Waals surface area contributed by atoms with Crippen LogP contribution in [0.15, 0.2) is 91.0 Å². The van der Waals surface area contributed by atoms with Gasteiger partial charge in [0.15, 0.2) is 0 Å². The van der Waals surface area contributed by atoms with Gasteiger partial charge in [-0.15, -0.1) is 0 Å². The highest BCUT2D eigenvalue weighted by atomic mass is 19.1. The van der Waals surface area contributed by atoms with Crippen molar-refractivity contribution in [3.05, 3.63) is 119 Å². The minimum absolute atomic E-state index is 0.120. The average molecular weight is 473 g/mol. The van der Waals surface area contributed by atoms with E-state index < -0.39 is 17.8 Å². The number of ether oxygens (including phenoxy) is 2. The van der Waals surface area contributed by atoms with Gasteiger partial charge < -0.3 is 9.47 Å². The average Bonchev–Trinajstić information content (AvgIpc) is 2.86. The first-order valence-electron chi connectivity index (χ1n) is 11.6. The van der Waals surface area contributed by atoms with Crippen molar-refractivity contribution in [3.63, 3.8) is 0 Å². The molecule has 0 unspecified atom stereocenters. The van der Waals surface area contributed by atoms with Crippen molar-refractivity contribution in [2.75, 3.05) is 0 Å². The third kappa shape index (κ3) is 7.78. The zero-order chi connectivity index (χ0) is 25.0. The fourth-order valence-electron chi connectivity index (χ4n) is 3.41. The van der Waals surface area contributed by atoms with Crippen molar-refractivity contribution in [1.29, 1.82) is 0 Å². The number of carbonyl (C=O) groups is 2. The lowest BCUT2D eigenvalue weighted by Gasteiger charge is -2.08. The SMILES string of the molecule is C/C=C/CCc1ccc(OC(=O)c2ccc(OC(=O)c3ccc(CC/C=C/C)c(F)c3)cc2)cc1. The van der Waals surface area contributed by atoms with Crippen LogP contribution in [0.2, 0.25) is 0 Å². The zero-order valence-corrected chi connectivity index (χ0v) is 20.0. The highest BCUT2D eigenvalue weighted by Crippen LogP contribution is 2.19. The summed E-state index contributed by atoms with van der Waals surface area (Å²) in [5.74, 6) is -0.923. The minimum atomic E-state index is -0.672. The standard InChI is InChI=1S/C30H29FO4/c1-3-5-7-9-22-11-17-26(18-12-22)34-29(32)24-15-19-27(20-16-24)35-30(33)25-14-13-23(28(31)21-25)10-8-6-4-2/h3-6,11-21H,7-10H2,1-2H3/b5-3+,6-4+. The van der Waals surface area contributed by atoms with Crippen LogP contribution < -0.4 is 9.47 Å². The Morgan fingerprint density at radius 1 is 0.714 bits per heavy atom. The fraction of sp³-hybridized carbons (Fsp3) is 0.200. The fourth-order valence-corrected chi connectivity index (χ4v) is 3.41. The van der Waals surface area contributed by atoms with Gasteiger partial charge in [0.05, 0.1) is 11.1 Å². The normalized spacial score (nSPS) is 11.2. The lowest BCUT2D eigenvalue weighted by Crippen LogP contribution is -2.11. The number of carbonyl (C=O) groups excluding carboxylic acids is 2. The molecule has 0 N–H and O–H groups in total. The van der Waals surface area contributed by atoms with Gasteiger partial charge in [-0.25, -0.2) is 14.0 Å². The second kappa shape index (κ2) is 13.0.